The highest BCUT2D eigenvalue weighted by molar-refractivity contribution is 5.84. The van der Waals surface area contributed by atoms with E-state index < -0.39 is 0 Å². The summed E-state index contributed by atoms with van der Waals surface area (Å²) in [6.07, 6.45) is 8.95. The van der Waals surface area contributed by atoms with Crippen LogP contribution in [0.25, 0.3) is 0 Å². The summed E-state index contributed by atoms with van der Waals surface area (Å²) in [6.45, 7) is 3.90. The maximum Gasteiger partial charge on any atom is 0.228 e. The first-order valence-electron chi connectivity index (χ1n) is 12.1. The maximum absolute atomic E-state index is 13.5. The Morgan fingerprint density at radius 2 is 1.66 bits per heavy atom. The van der Waals surface area contributed by atoms with E-state index in [1.54, 1.807) is 0 Å². The fraction of sp³-hybridized carbons (Fsp3) is 0.654. The van der Waals surface area contributed by atoms with Crippen molar-refractivity contribution in [3.63, 3.8) is 0 Å². The van der Waals surface area contributed by atoms with Crippen LogP contribution in [0.5, 0.6) is 5.75 Å². The van der Waals surface area contributed by atoms with Gasteiger partial charge in [0.15, 0.2) is 0 Å². The first-order valence-corrected chi connectivity index (χ1v) is 12.1. The van der Waals surface area contributed by atoms with Gasteiger partial charge in [0.2, 0.25) is 5.91 Å². The summed E-state index contributed by atoms with van der Waals surface area (Å²) in [5.41, 5.74) is 7.66. The highest BCUT2D eigenvalue weighted by atomic mass is 19.1. The Hall–Kier alpha value is -1.92. The molecule has 0 aromatic heterocycles. The van der Waals surface area contributed by atoms with E-state index in [9.17, 15) is 9.18 Å². The van der Waals surface area contributed by atoms with Crippen LogP contribution in [-0.4, -0.2) is 50.3 Å². The molecule has 32 heavy (non-hydrogen) atoms. The van der Waals surface area contributed by atoms with Crippen molar-refractivity contribution in [2.24, 2.45) is 16.6 Å². The van der Waals surface area contributed by atoms with Crippen molar-refractivity contribution in [2.75, 3.05) is 39.5 Å². The van der Waals surface area contributed by atoms with Crippen molar-refractivity contribution >= 4 is 5.91 Å². The van der Waals surface area contributed by atoms with Gasteiger partial charge in [0, 0.05) is 49.3 Å². The van der Waals surface area contributed by atoms with E-state index in [1.807, 2.05) is 12.1 Å². The van der Waals surface area contributed by atoms with Gasteiger partial charge in [-0.15, -0.1) is 0 Å². The van der Waals surface area contributed by atoms with Crippen molar-refractivity contribution in [3.05, 3.63) is 41.7 Å². The molecule has 1 spiro atoms. The molecule has 5 fully saturated rings. The minimum atomic E-state index is -0.130. The molecule has 3 saturated carbocycles. The van der Waals surface area contributed by atoms with Crippen molar-refractivity contribution in [2.45, 2.75) is 56.8 Å². The van der Waals surface area contributed by atoms with Crippen LogP contribution in [0.2, 0.25) is 0 Å². The predicted molar refractivity (Wildman–Crippen MR) is 121 cm³/mol. The van der Waals surface area contributed by atoms with Crippen molar-refractivity contribution in [1.82, 2.24) is 4.90 Å². The van der Waals surface area contributed by atoms with E-state index in [4.69, 9.17) is 15.2 Å². The molecule has 2 aliphatic heterocycles. The zero-order valence-electron chi connectivity index (χ0n) is 18.9. The van der Waals surface area contributed by atoms with E-state index in [1.165, 1.54) is 5.56 Å². The van der Waals surface area contributed by atoms with Crippen molar-refractivity contribution < 1.29 is 18.7 Å². The largest absolute Gasteiger partial charge is 0.489 e. The Morgan fingerprint density at radius 1 is 1.03 bits per heavy atom. The van der Waals surface area contributed by atoms with Crippen LogP contribution >= 0.6 is 0 Å². The molecule has 5 nitrogen and oxygen atoms in total. The molecule has 0 unspecified atom stereocenters. The summed E-state index contributed by atoms with van der Waals surface area (Å²) in [5.74, 6) is 1.15. The quantitative estimate of drug-likeness (QED) is 0.720. The fourth-order valence-corrected chi connectivity index (χ4v) is 6.52. The third-order valence-corrected chi connectivity index (χ3v) is 8.90. The molecule has 2 bridgehead atoms. The fourth-order valence-electron chi connectivity index (χ4n) is 6.52. The summed E-state index contributed by atoms with van der Waals surface area (Å²) in [6, 6.07) is 8.26. The Balaban J connectivity index is 1.19. The number of halogens is 1. The number of carbonyl (C=O) groups excluding carboxylic acids is 1. The third kappa shape index (κ3) is 3.75. The van der Waals surface area contributed by atoms with Gasteiger partial charge >= 0.3 is 0 Å². The molecule has 2 N–H and O–H groups in total. The van der Waals surface area contributed by atoms with E-state index >= 15 is 0 Å². The smallest absolute Gasteiger partial charge is 0.228 e. The van der Waals surface area contributed by atoms with Gasteiger partial charge in [0.25, 0.3) is 0 Å². The normalized spacial score (nSPS) is 31.4. The van der Waals surface area contributed by atoms with Gasteiger partial charge in [0.05, 0.1) is 6.33 Å². The molecule has 5 aliphatic rings. The lowest BCUT2D eigenvalue weighted by molar-refractivity contribution is -0.167. The standard InChI is InChI=1S/C26H35FN2O3/c27-15-20(16-28)17-32-22-3-1-21(2-4-22)25-5-8-26(9-6-25,10-7-25)23(30)29-18-24(19-29)11-13-31-14-12-24/h1-4,15H,5-14,16-19,28H2. The number of nitrogens with zero attached hydrogens (tertiary/aromatic N) is 1. The molecule has 0 radical (unpaired) electrons. The lowest BCUT2D eigenvalue weighted by Gasteiger charge is -2.58. The number of fused-ring (bicyclic) bond motifs is 3. The predicted octanol–water partition coefficient (Wildman–Crippen LogP) is 4.11. The maximum atomic E-state index is 13.5. The first-order chi connectivity index (χ1) is 15.5. The zero-order valence-corrected chi connectivity index (χ0v) is 18.9. The second kappa shape index (κ2) is 8.45. The van der Waals surface area contributed by atoms with Gasteiger partial charge in [-0.1, -0.05) is 12.1 Å². The lowest BCUT2D eigenvalue weighted by atomic mass is 9.51. The number of amides is 1. The van der Waals surface area contributed by atoms with Crippen LogP contribution in [0.1, 0.15) is 56.9 Å². The summed E-state index contributed by atoms with van der Waals surface area (Å²) >= 11 is 0. The SMILES string of the molecule is NCC(=CF)COc1ccc(C23CCC(C(=O)N4CC5(CCOCC5)C4)(CC2)CC3)cc1. The van der Waals surface area contributed by atoms with Crippen LogP contribution in [0, 0.1) is 10.8 Å². The van der Waals surface area contributed by atoms with Gasteiger partial charge < -0.3 is 20.1 Å². The van der Waals surface area contributed by atoms with Gasteiger partial charge in [-0.2, -0.15) is 0 Å². The molecule has 1 aromatic carbocycles. The summed E-state index contributed by atoms with van der Waals surface area (Å²) in [4.78, 5) is 15.6. The molecule has 174 valence electrons. The number of hydrogen-bond acceptors (Lipinski definition) is 4. The summed E-state index contributed by atoms with van der Waals surface area (Å²) in [7, 11) is 0. The number of rotatable bonds is 6. The second-order valence-corrected chi connectivity index (χ2v) is 10.6. The van der Waals surface area contributed by atoms with Gasteiger partial charge in [-0.05, 0) is 74.5 Å². The van der Waals surface area contributed by atoms with Crippen LogP contribution in [-0.2, 0) is 14.9 Å². The van der Waals surface area contributed by atoms with Crippen LogP contribution < -0.4 is 10.5 Å². The Kier molecular flexibility index (Phi) is 5.79. The molecule has 2 heterocycles. The Morgan fingerprint density at radius 3 is 2.22 bits per heavy atom. The van der Waals surface area contributed by atoms with Crippen molar-refractivity contribution in [1.29, 1.82) is 0 Å². The van der Waals surface area contributed by atoms with E-state index in [0.29, 0.717) is 23.2 Å². The molecular weight excluding hydrogens is 407 g/mol. The number of ether oxygens (including phenoxy) is 2. The molecule has 6 heteroatoms. The summed E-state index contributed by atoms with van der Waals surface area (Å²) < 4.78 is 23.9. The molecule has 1 aromatic rings. The molecular formula is C26H35FN2O3. The van der Waals surface area contributed by atoms with Crippen molar-refractivity contribution in [3.8, 4) is 5.75 Å². The number of benzene rings is 1. The van der Waals surface area contributed by atoms with E-state index in [-0.39, 0.29) is 24.0 Å². The lowest BCUT2D eigenvalue weighted by Crippen LogP contribution is -2.64. The van der Waals surface area contributed by atoms with E-state index in [2.05, 4.69) is 17.0 Å². The Labute approximate surface area is 190 Å². The summed E-state index contributed by atoms with van der Waals surface area (Å²) in [5, 5.41) is 0. The highest BCUT2D eigenvalue weighted by Crippen LogP contribution is 2.59. The number of nitrogens with two attached hydrogens (primary N) is 1. The second-order valence-electron chi connectivity index (χ2n) is 10.6. The number of likely N-dealkylation sites (tertiary alicyclic amines) is 1. The van der Waals surface area contributed by atoms with E-state index in [0.717, 1.165) is 83.4 Å². The molecule has 2 saturated heterocycles. The van der Waals surface area contributed by atoms with Crippen LogP contribution in [0.4, 0.5) is 4.39 Å². The number of carbonyl (C=O) groups is 1. The van der Waals surface area contributed by atoms with Crippen LogP contribution in [0.15, 0.2) is 36.2 Å². The first kappa shape index (κ1) is 21.9. The van der Waals surface area contributed by atoms with Gasteiger partial charge in [-0.25, -0.2) is 4.39 Å². The Bertz CT molecular complexity index is 843. The van der Waals surface area contributed by atoms with Gasteiger partial charge in [0.1, 0.15) is 12.4 Å². The molecule has 3 aliphatic carbocycles. The average Bonchev–Trinajstić information content (AvgIpc) is 2.84. The minimum absolute atomic E-state index is 0.130. The minimum Gasteiger partial charge on any atom is -0.489 e. The molecule has 1 amide bonds. The topological polar surface area (TPSA) is 64.8 Å². The monoisotopic (exact) mass is 442 g/mol. The highest BCUT2D eigenvalue weighted by Gasteiger charge is 2.56. The molecule has 6 rings (SSSR count). The average molecular weight is 443 g/mol. The molecule has 0 atom stereocenters. The number of hydrogen-bond donors (Lipinski definition) is 1. The van der Waals surface area contributed by atoms with Gasteiger partial charge in [-0.3, -0.25) is 4.79 Å². The zero-order chi connectivity index (χ0) is 22.2. The van der Waals surface area contributed by atoms with Crippen LogP contribution in [0.3, 0.4) is 0 Å². The third-order valence-electron chi connectivity index (χ3n) is 8.90.